The van der Waals surface area contributed by atoms with Crippen LogP contribution in [0.25, 0.3) is 0 Å². The third-order valence-electron chi connectivity index (χ3n) is 5.57. The minimum Gasteiger partial charge on any atom is -0.493 e. The van der Waals surface area contributed by atoms with Crippen molar-refractivity contribution < 1.29 is 14.3 Å². The lowest BCUT2D eigenvalue weighted by atomic mass is 10.1. The van der Waals surface area contributed by atoms with Crippen LogP contribution in [-0.2, 0) is 11.3 Å². The molecule has 1 aliphatic rings. The molecular formula is C24H33N3O3. The van der Waals surface area contributed by atoms with Crippen molar-refractivity contribution in [2.45, 2.75) is 27.3 Å². The number of hydrogen-bond donors (Lipinski definition) is 1. The van der Waals surface area contributed by atoms with Crippen LogP contribution in [0.4, 0.5) is 5.69 Å². The van der Waals surface area contributed by atoms with Gasteiger partial charge in [0, 0.05) is 38.4 Å². The largest absolute Gasteiger partial charge is 0.493 e. The molecule has 0 spiro atoms. The Labute approximate surface area is 179 Å². The lowest BCUT2D eigenvalue weighted by Crippen LogP contribution is -2.48. The van der Waals surface area contributed by atoms with Crippen LogP contribution in [0.5, 0.6) is 11.5 Å². The maximum Gasteiger partial charge on any atom is 0.238 e. The zero-order valence-electron chi connectivity index (χ0n) is 18.7. The van der Waals surface area contributed by atoms with Gasteiger partial charge in [0.1, 0.15) is 0 Å². The van der Waals surface area contributed by atoms with Gasteiger partial charge in [0.15, 0.2) is 11.5 Å². The van der Waals surface area contributed by atoms with Crippen molar-refractivity contribution in [3.63, 3.8) is 0 Å². The number of nitrogens with one attached hydrogen (secondary N) is 1. The van der Waals surface area contributed by atoms with E-state index in [0.717, 1.165) is 61.0 Å². The predicted octanol–water partition coefficient (Wildman–Crippen LogP) is 3.39. The molecular weight excluding hydrogens is 378 g/mol. The van der Waals surface area contributed by atoms with Crippen molar-refractivity contribution >= 4 is 11.6 Å². The van der Waals surface area contributed by atoms with Crippen LogP contribution in [0.3, 0.4) is 0 Å². The van der Waals surface area contributed by atoms with Gasteiger partial charge in [0.25, 0.3) is 0 Å². The highest BCUT2D eigenvalue weighted by Crippen LogP contribution is 2.31. The van der Waals surface area contributed by atoms with E-state index in [1.54, 1.807) is 14.2 Å². The first-order chi connectivity index (χ1) is 14.4. The summed E-state index contributed by atoms with van der Waals surface area (Å²) in [5.74, 6) is 1.57. The second-order valence-electron chi connectivity index (χ2n) is 8.11. The number of methoxy groups -OCH3 is 2. The third kappa shape index (κ3) is 5.74. The van der Waals surface area contributed by atoms with Gasteiger partial charge >= 0.3 is 0 Å². The predicted molar refractivity (Wildman–Crippen MR) is 121 cm³/mol. The molecule has 1 saturated heterocycles. The highest BCUT2D eigenvalue weighted by molar-refractivity contribution is 5.92. The van der Waals surface area contributed by atoms with Crippen molar-refractivity contribution in [1.29, 1.82) is 0 Å². The van der Waals surface area contributed by atoms with E-state index in [1.807, 2.05) is 32.0 Å². The molecule has 0 atom stereocenters. The van der Waals surface area contributed by atoms with Crippen molar-refractivity contribution in [1.82, 2.24) is 9.80 Å². The van der Waals surface area contributed by atoms with Crippen molar-refractivity contribution in [3.8, 4) is 11.5 Å². The maximum atomic E-state index is 12.5. The molecule has 0 bridgehead atoms. The summed E-state index contributed by atoms with van der Waals surface area (Å²) < 4.78 is 10.8. The van der Waals surface area contributed by atoms with Gasteiger partial charge in [-0.25, -0.2) is 0 Å². The minimum absolute atomic E-state index is 0.0455. The number of carbonyl (C=O) groups excluding carboxylic acids is 1. The van der Waals surface area contributed by atoms with E-state index in [0.29, 0.717) is 6.54 Å². The fourth-order valence-electron chi connectivity index (χ4n) is 3.99. The van der Waals surface area contributed by atoms with Gasteiger partial charge in [-0.3, -0.25) is 14.6 Å². The Balaban J connectivity index is 1.51. The summed E-state index contributed by atoms with van der Waals surface area (Å²) in [4.78, 5) is 17.1. The Hall–Kier alpha value is -2.57. The molecule has 6 nitrogen and oxygen atoms in total. The van der Waals surface area contributed by atoms with Gasteiger partial charge in [-0.1, -0.05) is 6.07 Å². The number of piperazine rings is 1. The molecule has 6 heteroatoms. The maximum absolute atomic E-state index is 12.5. The van der Waals surface area contributed by atoms with Crippen LogP contribution in [0.15, 0.2) is 30.3 Å². The van der Waals surface area contributed by atoms with E-state index < -0.39 is 0 Å². The van der Waals surface area contributed by atoms with Crippen molar-refractivity contribution in [3.05, 3.63) is 52.6 Å². The zero-order valence-corrected chi connectivity index (χ0v) is 18.7. The van der Waals surface area contributed by atoms with Gasteiger partial charge in [-0.2, -0.15) is 0 Å². The molecule has 1 aliphatic heterocycles. The molecule has 3 rings (SSSR count). The van der Waals surface area contributed by atoms with Gasteiger partial charge in [-0.15, -0.1) is 0 Å². The second-order valence-corrected chi connectivity index (χ2v) is 8.11. The Morgan fingerprint density at radius 2 is 1.43 bits per heavy atom. The molecule has 1 N–H and O–H groups in total. The van der Waals surface area contributed by atoms with Gasteiger partial charge in [0.2, 0.25) is 5.91 Å². The molecule has 0 saturated carbocycles. The molecule has 1 amide bonds. The fourth-order valence-corrected chi connectivity index (χ4v) is 3.99. The van der Waals surface area contributed by atoms with Crippen LogP contribution in [0.2, 0.25) is 0 Å². The van der Waals surface area contributed by atoms with E-state index in [2.05, 4.69) is 34.2 Å². The number of amides is 1. The molecule has 2 aromatic rings. The van der Waals surface area contributed by atoms with E-state index >= 15 is 0 Å². The highest BCUT2D eigenvalue weighted by Gasteiger charge is 2.20. The average molecular weight is 412 g/mol. The molecule has 162 valence electrons. The summed E-state index contributed by atoms with van der Waals surface area (Å²) in [6, 6.07) is 10.2. The Morgan fingerprint density at radius 1 is 0.867 bits per heavy atom. The molecule has 1 heterocycles. The minimum atomic E-state index is 0.0455. The van der Waals surface area contributed by atoms with Crippen LogP contribution in [0.1, 0.15) is 22.3 Å². The van der Waals surface area contributed by atoms with E-state index in [1.165, 1.54) is 11.1 Å². The standard InChI is InChI=1S/C24H33N3O3/c1-17-10-18(2)12-21(11-17)25-24(28)16-27-8-6-26(7-9-27)15-20-14-23(30-5)22(29-4)13-19(20)3/h10-14H,6-9,15-16H2,1-5H3,(H,25,28). The number of anilines is 1. The molecule has 0 unspecified atom stereocenters. The van der Waals surface area contributed by atoms with Crippen LogP contribution < -0.4 is 14.8 Å². The normalized spacial score (nSPS) is 15.1. The van der Waals surface area contributed by atoms with E-state index in [-0.39, 0.29) is 5.91 Å². The number of hydrogen-bond acceptors (Lipinski definition) is 5. The SMILES string of the molecule is COc1cc(C)c(CN2CCN(CC(=O)Nc3cc(C)cc(C)c3)CC2)cc1OC. The van der Waals surface area contributed by atoms with E-state index in [4.69, 9.17) is 9.47 Å². The van der Waals surface area contributed by atoms with Crippen molar-refractivity contribution in [2.24, 2.45) is 0 Å². The molecule has 2 aromatic carbocycles. The van der Waals surface area contributed by atoms with Crippen LogP contribution >= 0.6 is 0 Å². The third-order valence-corrected chi connectivity index (χ3v) is 5.57. The summed E-state index contributed by atoms with van der Waals surface area (Å²) in [5.41, 5.74) is 5.63. The van der Waals surface area contributed by atoms with Crippen LogP contribution in [0, 0.1) is 20.8 Å². The van der Waals surface area contributed by atoms with Gasteiger partial charge in [0.05, 0.1) is 20.8 Å². The number of rotatable bonds is 7. The molecule has 0 aromatic heterocycles. The monoisotopic (exact) mass is 411 g/mol. The molecule has 1 fully saturated rings. The molecule has 0 radical (unpaired) electrons. The lowest BCUT2D eigenvalue weighted by molar-refractivity contribution is -0.117. The number of carbonyl (C=O) groups is 1. The second kappa shape index (κ2) is 9.96. The Kier molecular flexibility index (Phi) is 7.34. The molecule has 0 aliphatic carbocycles. The van der Waals surface area contributed by atoms with E-state index in [9.17, 15) is 4.79 Å². The summed E-state index contributed by atoms with van der Waals surface area (Å²) in [7, 11) is 3.32. The number of ether oxygens (including phenoxy) is 2. The average Bonchev–Trinajstić information content (AvgIpc) is 2.69. The first-order valence-electron chi connectivity index (χ1n) is 10.4. The first kappa shape index (κ1) is 22.1. The van der Waals surface area contributed by atoms with Gasteiger partial charge in [-0.05, 0) is 67.3 Å². The quantitative estimate of drug-likeness (QED) is 0.757. The smallest absolute Gasteiger partial charge is 0.238 e. The number of benzene rings is 2. The summed E-state index contributed by atoms with van der Waals surface area (Å²) in [6.07, 6.45) is 0. The summed E-state index contributed by atoms with van der Waals surface area (Å²) in [6.45, 7) is 11.1. The first-order valence-corrected chi connectivity index (χ1v) is 10.4. The Bertz CT molecular complexity index is 869. The molecule has 30 heavy (non-hydrogen) atoms. The highest BCUT2D eigenvalue weighted by atomic mass is 16.5. The number of aryl methyl sites for hydroxylation is 3. The topological polar surface area (TPSA) is 54.0 Å². The number of nitrogens with zero attached hydrogens (tertiary/aromatic N) is 2. The fraction of sp³-hybridized carbons (Fsp3) is 0.458. The summed E-state index contributed by atoms with van der Waals surface area (Å²) >= 11 is 0. The van der Waals surface area contributed by atoms with Crippen LogP contribution in [-0.4, -0.2) is 62.7 Å². The summed E-state index contributed by atoms with van der Waals surface area (Å²) in [5, 5.41) is 3.03. The zero-order chi connectivity index (χ0) is 21.7. The lowest BCUT2D eigenvalue weighted by Gasteiger charge is -2.34. The van der Waals surface area contributed by atoms with Gasteiger partial charge < -0.3 is 14.8 Å². The Morgan fingerprint density at radius 3 is 2.03 bits per heavy atom. The van der Waals surface area contributed by atoms with Crippen molar-refractivity contribution in [2.75, 3.05) is 52.3 Å².